The minimum absolute atomic E-state index is 0. The topological polar surface area (TPSA) is 143 Å². The second-order valence-electron chi connectivity index (χ2n) is 8.24. The van der Waals surface area contributed by atoms with Gasteiger partial charge in [-0.2, -0.15) is 0 Å². The number of carboxylic acids is 2. The van der Waals surface area contributed by atoms with Gasteiger partial charge in [0.1, 0.15) is 11.6 Å². The van der Waals surface area contributed by atoms with Gasteiger partial charge in [-0.05, 0) is 55.2 Å². The highest BCUT2D eigenvalue weighted by atomic mass is 32.2. The van der Waals surface area contributed by atoms with Crippen LogP contribution in [-0.2, 0) is 15.3 Å². The van der Waals surface area contributed by atoms with E-state index in [9.17, 15) is 14.0 Å². The number of carbonyl (C=O) groups is 2. The number of likely N-dealkylation sites (tertiary alicyclic amines) is 1. The number of nitrogens with one attached hydrogen (secondary N) is 1. The molecule has 200 valence electrons. The average molecular weight is 534 g/mol. The van der Waals surface area contributed by atoms with Crippen molar-refractivity contribution in [1.29, 1.82) is 0 Å². The summed E-state index contributed by atoms with van der Waals surface area (Å²) in [6, 6.07) is 15.1. The Kier molecular flexibility index (Phi) is 12.6. The zero-order valence-electron chi connectivity index (χ0n) is 20.3. The van der Waals surface area contributed by atoms with Crippen molar-refractivity contribution in [3.05, 3.63) is 72.1 Å². The Labute approximate surface area is 219 Å². The molecule has 0 atom stereocenters. The SMILES string of the molecule is Fc1ccc(OCCCN2CCC(N=C3Nc4ccccc4CS3)CC2)cc1.O.O=C(O)/C=C\C(=O)O. The van der Waals surface area contributed by atoms with E-state index in [0.29, 0.717) is 24.8 Å². The van der Waals surface area contributed by atoms with Crippen molar-refractivity contribution < 1.29 is 34.4 Å². The molecule has 0 bridgehead atoms. The molecular formula is C26H32FN3O6S. The summed E-state index contributed by atoms with van der Waals surface area (Å²) in [5.41, 5.74) is 2.54. The van der Waals surface area contributed by atoms with Crippen LogP contribution in [0.4, 0.5) is 10.1 Å². The third kappa shape index (κ3) is 11.0. The maximum Gasteiger partial charge on any atom is 0.328 e. The average Bonchev–Trinajstić information content (AvgIpc) is 2.88. The number of fused-ring (bicyclic) bond motifs is 1. The molecule has 1 fully saturated rings. The fourth-order valence-electron chi connectivity index (χ4n) is 3.72. The highest BCUT2D eigenvalue weighted by Crippen LogP contribution is 2.29. The fraction of sp³-hybridized carbons (Fsp3) is 0.346. The van der Waals surface area contributed by atoms with Crippen LogP contribution in [0.5, 0.6) is 5.75 Å². The number of rotatable bonds is 8. The Morgan fingerprint density at radius 1 is 1.08 bits per heavy atom. The lowest BCUT2D eigenvalue weighted by Gasteiger charge is -2.31. The van der Waals surface area contributed by atoms with E-state index in [1.807, 2.05) is 0 Å². The number of para-hydroxylation sites is 1. The zero-order valence-corrected chi connectivity index (χ0v) is 21.1. The summed E-state index contributed by atoms with van der Waals surface area (Å²) < 4.78 is 18.6. The minimum Gasteiger partial charge on any atom is -0.494 e. The van der Waals surface area contributed by atoms with Gasteiger partial charge < -0.3 is 30.6 Å². The van der Waals surface area contributed by atoms with Crippen molar-refractivity contribution in [2.45, 2.75) is 31.1 Å². The van der Waals surface area contributed by atoms with Gasteiger partial charge in [-0.1, -0.05) is 30.0 Å². The van der Waals surface area contributed by atoms with Crippen molar-refractivity contribution in [3.8, 4) is 5.75 Å². The van der Waals surface area contributed by atoms with E-state index in [2.05, 4.69) is 34.5 Å². The van der Waals surface area contributed by atoms with Crippen molar-refractivity contribution in [1.82, 2.24) is 4.90 Å². The lowest BCUT2D eigenvalue weighted by molar-refractivity contribution is -0.134. The largest absolute Gasteiger partial charge is 0.494 e. The molecule has 9 nitrogen and oxygen atoms in total. The van der Waals surface area contributed by atoms with E-state index in [0.717, 1.165) is 55.6 Å². The molecule has 2 aromatic rings. The van der Waals surface area contributed by atoms with E-state index in [4.69, 9.17) is 19.9 Å². The van der Waals surface area contributed by atoms with Crippen LogP contribution in [0.25, 0.3) is 0 Å². The van der Waals surface area contributed by atoms with Crippen LogP contribution in [0.1, 0.15) is 24.8 Å². The molecule has 0 amide bonds. The third-order valence-corrected chi connectivity index (χ3v) is 6.49. The van der Waals surface area contributed by atoms with Crippen molar-refractivity contribution in [2.75, 3.05) is 31.6 Å². The molecule has 0 aliphatic carbocycles. The Morgan fingerprint density at radius 3 is 2.38 bits per heavy atom. The van der Waals surface area contributed by atoms with E-state index in [1.165, 1.54) is 23.4 Å². The first kappa shape index (κ1) is 29.8. The second kappa shape index (κ2) is 15.6. The number of carboxylic acid groups (broad SMARTS) is 2. The standard InChI is InChI=1S/C22H26FN3OS.C4H4O4.H2O/c23-18-6-8-20(9-7-18)27-15-3-12-26-13-10-19(11-14-26)24-22-25-21-5-2-1-4-17(21)16-28-22;5-3(6)1-2-4(7)8;/h1-2,4-9,19H,3,10-16H2,(H,24,25);1-2H,(H,5,6)(H,7,8);1H2/b;2-1-;. The predicted molar refractivity (Wildman–Crippen MR) is 143 cm³/mol. The molecule has 0 unspecified atom stereocenters. The van der Waals surface area contributed by atoms with Crippen molar-refractivity contribution in [2.24, 2.45) is 4.99 Å². The van der Waals surface area contributed by atoms with Crippen LogP contribution in [0.3, 0.4) is 0 Å². The van der Waals surface area contributed by atoms with Gasteiger partial charge >= 0.3 is 11.9 Å². The number of nitrogens with zero attached hydrogens (tertiary/aromatic N) is 2. The quantitative estimate of drug-likeness (QED) is 0.345. The third-order valence-electron chi connectivity index (χ3n) is 5.55. The highest BCUT2D eigenvalue weighted by Gasteiger charge is 2.20. The lowest BCUT2D eigenvalue weighted by atomic mass is 10.1. The zero-order chi connectivity index (χ0) is 25.8. The Balaban J connectivity index is 0.000000467. The molecule has 0 spiro atoms. The molecule has 4 rings (SSSR count). The van der Waals surface area contributed by atoms with Crippen molar-refractivity contribution in [3.63, 3.8) is 0 Å². The number of aliphatic carboxylic acids is 2. The molecule has 1 saturated heterocycles. The summed E-state index contributed by atoms with van der Waals surface area (Å²) in [5, 5.41) is 20.2. The van der Waals surface area contributed by atoms with Gasteiger partial charge in [0.25, 0.3) is 0 Å². The predicted octanol–water partition coefficient (Wildman–Crippen LogP) is 3.66. The van der Waals surface area contributed by atoms with Crippen LogP contribution in [-0.4, -0.2) is 70.0 Å². The van der Waals surface area contributed by atoms with E-state index < -0.39 is 11.9 Å². The van der Waals surface area contributed by atoms with Crippen LogP contribution in [0.2, 0.25) is 0 Å². The summed E-state index contributed by atoms with van der Waals surface area (Å²) in [5.74, 6) is -1.02. The summed E-state index contributed by atoms with van der Waals surface area (Å²) in [6.07, 6.45) is 4.30. The number of anilines is 1. The van der Waals surface area contributed by atoms with Crippen LogP contribution in [0.15, 0.2) is 65.7 Å². The van der Waals surface area contributed by atoms with E-state index in [1.54, 1.807) is 23.9 Å². The van der Waals surface area contributed by atoms with Crippen LogP contribution in [0, 0.1) is 5.82 Å². The first-order chi connectivity index (χ1) is 17.4. The number of aliphatic imine (C=N–C) groups is 1. The number of amidine groups is 1. The summed E-state index contributed by atoms with van der Waals surface area (Å²) in [4.78, 5) is 26.6. The Hall–Kier alpha value is -3.41. The summed E-state index contributed by atoms with van der Waals surface area (Å²) in [7, 11) is 0. The first-order valence-corrected chi connectivity index (χ1v) is 12.7. The number of hydrogen-bond donors (Lipinski definition) is 3. The monoisotopic (exact) mass is 533 g/mol. The first-order valence-electron chi connectivity index (χ1n) is 11.7. The molecule has 5 N–H and O–H groups in total. The lowest BCUT2D eigenvalue weighted by Crippen LogP contribution is -2.37. The molecular weight excluding hydrogens is 501 g/mol. The molecule has 2 aliphatic rings. The fourth-order valence-corrected chi connectivity index (χ4v) is 4.67. The number of piperidine rings is 1. The van der Waals surface area contributed by atoms with Gasteiger partial charge in [-0.3, -0.25) is 4.99 Å². The highest BCUT2D eigenvalue weighted by molar-refractivity contribution is 8.13. The van der Waals surface area contributed by atoms with Crippen LogP contribution < -0.4 is 10.1 Å². The maximum absolute atomic E-state index is 12.9. The van der Waals surface area contributed by atoms with E-state index >= 15 is 0 Å². The van der Waals surface area contributed by atoms with Gasteiger partial charge in [-0.25, -0.2) is 14.0 Å². The van der Waals surface area contributed by atoms with E-state index in [-0.39, 0.29) is 11.3 Å². The van der Waals surface area contributed by atoms with Gasteiger partial charge in [-0.15, -0.1) is 0 Å². The van der Waals surface area contributed by atoms with Crippen LogP contribution >= 0.6 is 11.8 Å². The molecule has 0 aromatic heterocycles. The maximum atomic E-state index is 12.9. The molecule has 0 radical (unpaired) electrons. The van der Waals surface area contributed by atoms with Gasteiger partial charge in [0.2, 0.25) is 0 Å². The molecule has 2 aromatic carbocycles. The number of thioether (sulfide) groups is 1. The molecule has 11 heteroatoms. The molecule has 2 heterocycles. The number of halogens is 1. The number of benzene rings is 2. The normalized spacial score (nSPS) is 16.6. The second-order valence-corrected chi connectivity index (χ2v) is 9.21. The molecule has 37 heavy (non-hydrogen) atoms. The summed E-state index contributed by atoms with van der Waals surface area (Å²) in [6.45, 7) is 3.86. The summed E-state index contributed by atoms with van der Waals surface area (Å²) >= 11 is 1.80. The molecule has 0 saturated carbocycles. The Bertz CT molecular complexity index is 1060. The van der Waals surface area contributed by atoms with Gasteiger partial charge in [0.05, 0.1) is 12.6 Å². The number of ether oxygens (including phenoxy) is 1. The smallest absolute Gasteiger partial charge is 0.328 e. The van der Waals surface area contributed by atoms with Crippen molar-refractivity contribution >= 4 is 34.6 Å². The minimum atomic E-state index is -1.26. The van der Waals surface area contributed by atoms with Gasteiger partial charge in [0, 0.05) is 43.2 Å². The molecule has 2 aliphatic heterocycles. The Morgan fingerprint density at radius 2 is 1.73 bits per heavy atom. The number of hydrogen-bond acceptors (Lipinski definition) is 6. The van der Waals surface area contributed by atoms with Gasteiger partial charge in [0.15, 0.2) is 5.17 Å².